The minimum atomic E-state index is -0.659. The van der Waals surface area contributed by atoms with Crippen LogP contribution in [-0.4, -0.2) is 17.2 Å². The summed E-state index contributed by atoms with van der Waals surface area (Å²) in [7, 11) is 1.32. The van der Waals surface area contributed by atoms with Crippen LogP contribution >= 0.6 is 11.6 Å². The number of nitro groups is 1. The first-order valence-electron chi connectivity index (χ1n) is 5.19. The number of hydrogen-bond donors (Lipinski definition) is 0. The third-order valence-corrected chi connectivity index (χ3v) is 2.00. The van der Waals surface area contributed by atoms with Crippen molar-refractivity contribution in [1.82, 2.24) is 0 Å². The number of ether oxygens (including phenoxy) is 1. The Morgan fingerprint density at radius 3 is 2.24 bits per heavy atom. The molecule has 0 amide bonds. The number of hydrogen-bond acceptors (Lipinski definition) is 4. The molecular formula is C11H19ClN2O3. The number of methoxy groups -OCH3 is 1. The SMILES string of the molecule is C=CN=C(Cl)/C(=C(\C)OC)[N+](=O)[O-].CCCC. The Hall–Kier alpha value is -1.36. The quantitative estimate of drug-likeness (QED) is 0.328. The Morgan fingerprint density at radius 1 is 1.53 bits per heavy atom. The van der Waals surface area contributed by atoms with Crippen molar-refractivity contribution in [3.8, 4) is 0 Å². The molecule has 0 spiro atoms. The number of rotatable bonds is 5. The minimum Gasteiger partial charge on any atom is -0.494 e. The van der Waals surface area contributed by atoms with Crippen LogP contribution in [0.5, 0.6) is 0 Å². The fourth-order valence-electron chi connectivity index (χ4n) is 0.587. The zero-order chi connectivity index (χ0) is 13.8. The average molecular weight is 263 g/mol. The Bertz CT molecular complexity index is 310. The normalized spacial score (nSPS) is 11.9. The summed E-state index contributed by atoms with van der Waals surface area (Å²) in [5.74, 6) is 0.0978. The van der Waals surface area contributed by atoms with Gasteiger partial charge < -0.3 is 4.74 Å². The molecule has 0 aliphatic rings. The predicted molar refractivity (Wildman–Crippen MR) is 70.8 cm³/mol. The molecular weight excluding hydrogens is 244 g/mol. The molecule has 0 N–H and O–H groups in total. The van der Waals surface area contributed by atoms with Crippen molar-refractivity contribution in [2.75, 3.05) is 7.11 Å². The molecule has 0 saturated carbocycles. The lowest BCUT2D eigenvalue weighted by atomic mass is 10.4. The molecule has 0 aromatic carbocycles. The highest BCUT2D eigenvalue weighted by molar-refractivity contribution is 6.69. The van der Waals surface area contributed by atoms with Crippen molar-refractivity contribution in [2.24, 2.45) is 4.99 Å². The van der Waals surface area contributed by atoms with Gasteiger partial charge in [0.05, 0.1) is 12.0 Å². The van der Waals surface area contributed by atoms with Gasteiger partial charge in [-0.15, -0.1) is 0 Å². The Labute approximate surface area is 107 Å². The number of aliphatic imine (C=N–C) groups is 1. The van der Waals surface area contributed by atoms with E-state index in [0.29, 0.717) is 0 Å². The van der Waals surface area contributed by atoms with Crippen LogP contribution in [0.3, 0.4) is 0 Å². The van der Waals surface area contributed by atoms with Crippen molar-refractivity contribution >= 4 is 16.8 Å². The first-order valence-corrected chi connectivity index (χ1v) is 5.57. The average Bonchev–Trinajstić information content (AvgIpc) is 2.29. The summed E-state index contributed by atoms with van der Waals surface area (Å²) >= 11 is 5.51. The van der Waals surface area contributed by atoms with Gasteiger partial charge in [0.1, 0.15) is 0 Å². The Kier molecular flexibility index (Phi) is 11.8. The molecule has 0 bridgehead atoms. The van der Waals surface area contributed by atoms with Crippen LogP contribution in [0.4, 0.5) is 0 Å². The van der Waals surface area contributed by atoms with E-state index in [0.717, 1.165) is 6.20 Å². The van der Waals surface area contributed by atoms with Crippen LogP contribution < -0.4 is 0 Å². The van der Waals surface area contributed by atoms with E-state index >= 15 is 0 Å². The smallest absolute Gasteiger partial charge is 0.343 e. The molecule has 0 atom stereocenters. The van der Waals surface area contributed by atoms with Gasteiger partial charge in [-0.1, -0.05) is 44.9 Å². The monoisotopic (exact) mass is 262 g/mol. The summed E-state index contributed by atoms with van der Waals surface area (Å²) in [4.78, 5) is 13.3. The molecule has 0 fully saturated rings. The first kappa shape index (κ1) is 18.0. The lowest BCUT2D eigenvalue weighted by Crippen LogP contribution is -2.09. The van der Waals surface area contributed by atoms with Crippen LogP contribution in [0.1, 0.15) is 33.6 Å². The van der Waals surface area contributed by atoms with Crippen LogP contribution in [0.25, 0.3) is 0 Å². The van der Waals surface area contributed by atoms with E-state index in [4.69, 9.17) is 11.6 Å². The van der Waals surface area contributed by atoms with E-state index in [9.17, 15) is 10.1 Å². The summed E-state index contributed by atoms with van der Waals surface area (Å²) in [5, 5.41) is 10.2. The molecule has 0 heterocycles. The van der Waals surface area contributed by atoms with Gasteiger partial charge in [-0.05, 0) is 0 Å². The highest BCUT2D eigenvalue weighted by Crippen LogP contribution is 2.11. The number of nitrogens with zero attached hydrogens (tertiary/aromatic N) is 2. The first-order chi connectivity index (χ1) is 7.95. The third-order valence-electron chi connectivity index (χ3n) is 1.72. The fourth-order valence-corrected chi connectivity index (χ4v) is 0.858. The third kappa shape index (κ3) is 8.45. The van der Waals surface area contributed by atoms with E-state index in [-0.39, 0.29) is 16.6 Å². The molecule has 0 radical (unpaired) electrons. The fraction of sp³-hybridized carbons (Fsp3) is 0.545. The lowest BCUT2D eigenvalue weighted by Gasteiger charge is -2.00. The second kappa shape index (κ2) is 11.1. The van der Waals surface area contributed by atoms with Gasteiger partial charge in [-0.25, -0.2) is 4.99 Å². The summed E-state index contributed by atoms with van der Waals surface area (Å²) in [6, 6.07) is 0. The van der Waals surface area contributed by atoms with Crippen LogP contribution in [0.15, 0.2) is 29.2 Å². The summed E-state index contributed by atoms with van der Waals surface area (Å²) in [5.41, 5.74) is -0.357. The lowest BCUT2D eigenvalue weighted by molar-refractivity contribution is -0.417. The topological polar surface area (TPSA) is 64.7 Å². The molecule has 0 saturated heterocycles. The van der Waals surface area contributed by atoms with E-state index < -0.39 is 4.92 Å². The zero-order valence-electron chi connectivity index (χ0n) is 10.7. The molecule has 6 heteroatoms. The summed E-state index contributed by atoms with van der Waals surface area (Å²) < 4.78 is 4.68. The summed E-state index contributed by atoms with van der Waals surface area (Å²) in [6.07, 6.45) is 3.76. The Balaban J connectivity index is 0. The highest BCUT2D eigenvalue weighted by atomic mass is 35.5. The van der Waals surface area contributed by atoms with Crippen LogP contribution in [0.2, 0.25) is 0 Å². The van der Waals surface area contributed by atoms with Crippen LogP contribution in [0, 0.1) is 10.1 Å². The van der Waals surface area contributed by atoms with E-state index in [1.807, 2.05) is 0 Å². The van der Waals surface area contributed by atoms with Gasteiger partial charge in [0, 0.05) is 13.1 Å². The molecule has 0 unspecified atom stereocenters. The van der Waals surface area contributed by atoms with Gasteiger partial charge in [0.15, 0.2) is 5.76 Å². The molecule has 0 aromatic heterocycles. The predicted octanol–water partition coefficient (Wildman–Crippen LogP) is 3.73. The molecule has 0 aliphatic heterocycles. The largest absolute Gasteiger partial charge is 0.494 e. The maximum atomic E-state index is 10.5. The molecule has 98 valence electrons. The van der Waals surface area contributed by atoms with Gasteiger partial charge in [0.2, 0.25) is 5.17 Å². The van der Waals surface area contributed by atoms with Crippen LogP contribution in [-0.2, 0) is 4.74 Å². The van der Waals surface area contributed by atoms with Crippen molar-refractivity contribution in [1.29, 1.82) is 0 Å². The Morgan fingerprint density at radius 2 is 2.00 bits per heavy atom. The van der Waals surface area contributed by atoms with Crippen molar-refractivity contribution < 1.29 is 9.66 Å². The molecule has 0 aliphatic carbocycles. The van der Waals surface area contributed by atoms with E-state index in [1.165, 1.54) is 26.9 Å². The standard InChI is InChI=1S/C7H9ClN2O3.C4H10/c1-4-9-7(8)6(10(11)12)5(2)13-3;1-3-4-2/h4H,1H2,2-3H3;3-4H2,1-2H3/b6-5-,9-7?;. The van der Waals surface area contributed by atoms with Crippen molar-refractivity contribution in [2.45, 2.75) is 33.6 Å². The molecule has 0 rings (SSSR count). The van der Waals surface area contributed by atoms with Gasteiger partial charge in [-0.2, -0.15) is 0 Å². The van der Waals surface area contributed by atoms with E-state index in [1.54, 1.807) is 0 Å². The number of unbranched alkanes of at least 4 members (excludes halogenated alkanes) is 1. The number of allylic oxidation sites excluding steroid dienone is 2. The minimum absolute atomic E-state index is 0.0978. The molecule has 5 nitrogen and oxygen atoms in total. The second-order valence-electron chi connectivity index (χ2n) is 2.97. The van der Waals surface area contributed by atoms with Crippen molar-refractivity contribution in [3.05, 3.63) is 34.3 Å². The second-order valence-corrected chi connectivity index (χ2v) is 3.33. The van der Waals surface area contributed by atoms with Crippen molar-refractivity contribution in [3.63, 3.8) is 0 Å². The highest BCUT2D eigenvalue weighted by Gasteiger charge is 2.21. The number of halogens is 1. The molecule has 17 heavy (non-hydrogen) atoms. The van der Waals surface area contributed by atoms with Gasteiger partial charge in [-0.3, -0.25) is 10.1 Å². The maximum Gasteiger partial charge on any atom is 0.343 e. The van der Waals surface area contributed by atoms with Gasteiger partial charge in [0.25, 0.3) is 0 Å². The summed E-state index contributed by atoms with van der Waals surface area (Å²) in [6.45, 7) is 9.06. The van der Waals surface area contributed by atoms with E-state index in [2.05, 4.69) is 30.2 Å². The molecule has 0 aromatic rings. The van der Waals surface area contributed by atoms with Gasteiger partial charge >= 0.3 is 5.70 Å². The maximum absolute atomic E-state index is 10.5. The zero-order valence-corrected chi connectivity index (χ0v) is 11.5.